The Morgan fingerprint density at radius 2 is 2.13 bits per heavy atom. The van der Waals surface area contributed by atoms with Gasteiger partial charge in [-0.15, -0.1) is 0 Å². The number of hydrogen-bond acceptors (Lipinski definition) is 4. The van der Waals surface area contributed by atoms with E-state index in [1.54, 1.807) is 18.2 Å². The van der Waals surface area contributed by atoms with Crippen LogP contribution in [0.2, 0.25) is 0 Å². The van der Waals surface area contributed by atoms with Crippen molar-refractivity contribution in [3.63, 3.8) is 0 Å². The standard InChI is InChI=1S/C9H6N2O3S/c12-9-8(5-11(13)14)15-7-4-2-1-3-6(7)10-9/h1-5H,(H,10,12). The molecule has 1 amide bonds. The van der Waals surface area contributed by atoms with Crippen LogP contribution in [-0.4, -0.2) is 10.8 Å². The largest absolute Gasteiger partial charge is 0.320 e. The molecule has 6 heteroatoms. The maximum atomic E-state index is 11.4. The molecule has 1 N–H and O–H groups in total. The van der Waals surface area contributed by atoms with E-state index in [-0.39, 0.29) is 4.91 Å². The summed E-state index contributed by atoms with van der Waals surface area (Å²) < 4.78 is 0. The molecule has 15 heavy (non-hydrogen) atoms. The highest BCUT2D eigenvalue weighted by atomic mass is 32.2. The predicted molar refractivity (Wildman–Crippen MR) is 56.0 cm³/mol. The normalized spacial score (nSPS) is 17.1. The molecule has 0 unspecified atom stereocenters. The molecular weight excluding hydrogens is 216 g/mol. The zero-order valence-corrected chi connectivity index (χ0v) is 8.28. The molecule has 1 aliphatic rings. The third-order valence-electron chi connectivity index (χ3n) is 1.80. The Bertz CT molecular complexity index is 470. The number of hydrogen-bond donors (Lipinski definition) is 1. The SMILES string of the molecule is O=C1Nc2ccccc2SC1=C[N+](=O)[O-]. The second-order valence-electron chi connectivity index (χ2n) is 2.83. The van der Waals surface area contributed by atoms with Crippen molar-refractivity contribution in [2.75, 3.05) is 5.32 Å². The van der Waals surface area contributed by atoms with Gasteiger partial charge in [0.25, 0.3) is 12.1 Å². The molecule has 0 spiro atoms. The van der Waals surface area contributed by atoms with Gasteiger partial charge in [-0.2, -0.15) is 0 Å². The van der Waals surface area contributed by atoms with Gasteiger partial charge < -0.3 is 5.32 Å². The van der Waals surface area contributed by atoms with Crippen molar-refractivity contribution in [3.8, 4) is 0 Å². The number of amides is 1. The highest BCUT2D eigenvalue weighted by Crippen LogP contribution is 2.37. The molecule has 1 heterocycles. The minimum absolute atomic E-state index is 0.0960. The molecular formula is C9H6N2O3S. The summed E-state index contributed by atoms with van der Waals surface area (Å²) in [6, 6.07) is 7.16. The Morgan fingerprint density at radius 3 is 2.87 bits per heavy atom. The highest BCUT2D eigenvalue weighted by Gasteiger charge is 2.23. The van der Waals surface area contributed by atoms with Crippen molar-refractivity contribution in [1.29, 1.82) is 0 Å². The molecule has 0 fully saturated rings. The lowest BCUT2D eigenvalue weighted by molar-refractivity contribution is -0.402. The Balaban J connectivity index is 2.38. The third kappa shape index (κ3) is 1.99. The third-order valence-corrected chi connectivity index (χ3v) is 2.89. The van der Waals surface area contributed by atoms with Crippen molar-refractivity contribution in [1.82, 2.24) is 0 Å². The molecule has 0 aliphatic carbocycles. The van der Waals surface area contributed by atoms with Crippen LogP contribution < -0.4 is 5.32 Å². The Morgan fingerprint density at radius 1 is 1.40 bits per heavy atom. The smallest absolute Gasteiger partial charge is 0.268 e. The summed E-state index contributed by atoms with van der Waals surface area (Å²) in [4.78, 5) is 21.9. The highest BCUT2D eigenvalue weighted by molar-refractivity contribution is 8.04. The van der Waals surface area contributed by atoms with Gasteiger partial charge in [0, 0.05) is 4.90 Å². The number of nitrogens with one attached hydrogen (secondary N) is 1. The molecule has 0 aromatic heterocycles. The molecule has 0 saturated heterocycles. The van der Waals surface area contributed by atoms with E-state index >= 15 is 0 Å². The minimum Gasteiger partial charge on any atom is -0.320 e. The predicted octanol–water partition coefficient (Wildman–Crippen LogP) is 1.85. The minimum atomic E-state index is -0.629. The lowest BCUT2D eigenvalue weighted by Gasteiger charge is -2.16. The lowest BCUT2D eigenvalue weighted by Crippen LogP contribution is -2.17. The maximum Gasteiger partial charge on any atom is 0.268 e. The van der Waals surface area contributed by atoms with Gasteiger partial charge in [-0.3, -0.25) is 14.9 Å². The van der Waals surface area contributed by atoms with Crippen LogP contribution in [0.1, 0.15) is 0 Å². The molecule has 76 valence electrons. The molecule has 1 aromatic carbocycles. The van der Waals surface area contributed by atoms with Gasteiger partial charge in [-0.05, 0) is 12.1 Å². The second-order valence-corrected chi connectivity index (χ2v) is 3.91. The molecule has 1 aromatic rings. The van der Waals surface area contributed by atoms with E-state index in [9.17, 15) is 14.9 Å². The first kappa shape index (κ1) is 9.72. The molecule has 0 radical (unpaired) electrons. The van der Waals surface area contributed by atoms with Crippen LogP contribution in [0.4, 0.5) is 5.69 Å². The molecule has 5 nitrogen and oxygen atoms in total. The van der Waals surface area contributed by atoms with Gasteiger partial charge in [-0.25, -0.2) is 0 Å². The van der Waals surface area contributed by atoms with Crippen molar-refractivity contribution in [3.05, 3.63) is 45.5 Å². The first-order chi connectivity index (χ1) is 7.16. The van der Waals surface area contributed by atoms with Crippen LogP contribution in [0.25, 0.3) is 0 Å². The van der Waals surface area contributed by atoms with Crippen molar-refractivity contribution in [2.45, 2.75) is 4.90 Å². The fraction of sp³-hybridized carbons (Fsp3) is 0. The van der Waals surface area contributed by atoms with Crippen LogP contribution in [-0.2, 0) is 4.79 Å². The first-order valence-corrected chi connectivity index (χ1v) is 4.92. The van der Waals surface area contributed by atoms with Crippen molar-refractivity contribution >= 4 is 23.4 Å². The number of nitro groups is 1. The van der Waals surface area contributed by atoms with E-state index in [4.69, 9.17) is 0 Å². The average Bonchev–Trinajstić information content (AvgIpc) is 2.18. The van der Waals surface area contributed by atoms with Gasteiger partial charge in [0.05, 0.1) is 10.6 Å². The topological polar surface area (TPSA) is 72.2 Å². The number of benzene rings is 1. The summed E-state index contributed by atoms with van der Waals surface area (Å²) in [6.45, 7) is 0. The van der Waals surface area contributed by atoms with Crippen LogP contribution in [0.15, 0.2) is 40.3 Å². The van der Waals surface area contributed by atoms with Crippen LogP contribution in [0.3, 0.4) is 0 Å². The van der Waals surface area contributed by atoms with Crippen LogP contribution >= 0.6 is 11.8 Å². The fourth-order valence-corrected chi connectivity index (χ4v) is 2.08. The number of anilines is 1. The molecule has 0 bridgehead atoms. The van der Waals surface area contributed by atoms with E-state index in [0.29, 0.717) is 5.69 Å². The van der Waals surface area contributed by atoms with Gasteiger partial charge >= 0.3 is 0 Å². The van der Waals surface area contributed by atoms with Crippen molar-refractivity contribution in [2.24, 2.45) is 0 Å². The van der Waals surface area contributed by atoms with E-state index in [1.807, 2.05) is 6.07 Å². The molecule has 1 aliphatic heterocycles. The molecule has 2 rings (SSSR count). The Labute approximate surface area is 89.3 Å². The van der Waals surface area contributed by atoms with E-state index in [1.165, 1.54) is 0 Å². The van der Waals surface area contributed by atoms with Gasteiger partial charge in [0.2, 0.25) is 0 Å². The summed E-state index contributed by atoms with van der Waals surface area (Å²) in [5, 5.41) is 12.8. The lowest BCUT2D eigenvalue weighted by atomic mass is 10.3. The molecule has 0 saturated carbocycles. The number of rotatable bonds is 1. The molecule has 0 atom stereocenters. The summed E-state index contributed by atoms with van der Waals surface area (Å²) in [5.74, 6) is -0.435. The monoisotopic (exact) mass is 222 g/mol. The van der Waals surface area contributed by atoms with E-state index in [2.05, 4.69) is 5.32 Å². The second kappa shape index (κ2) is 3.74. The van der Waals surface area contributed by atoms with Gasteiger partial charge in [0.1, 0.15) is 4.91 Å². The number of fused-ring (bicyclic) bond motifs is 1. The Kier molecular flexibility index (Phi) is 2.42. The summed E-state index contributed by atoms with van der Waals surface area (Å²) in [7, 11) is 0. The zero-order chi connectivity index (χ0) is 10.8. The van der Waals surface area contributed by atoms with Crippen LogP contribution in [0, 0.1) is 10.1 Å². The number of carbonyl (C=O) groups excluding carboxylic acids is 1. The Hall–Kier alpha value is -1.82. The maximum absolute atomic E-state index is 11.4. The number of carbonyl (C=O) groups is 1. The van der Waals surface area contributed by atoms with Crippen molar-refractivity contribution < 1.29 is 9.72 Å². The summed E-state index contributed by atoms with van der Waals surface area (Å²) in [5.41, 5.74) is 0.688. The number of nitrogens with zero attached hydrogens (tertiary/aromatic N) is 1. The zero-order valence-electron chi connectivity index (χ0n) is 7.47. The fourth-order valence-electron chi connectivity index (χ4n) is 1.19. The number of para-hydroxylation sites is 1. The summed E-state index contributed by atoms with van der Waals surface area (Å²) in [6.07, 6.45) is 0.718. The van der Waals surface area contributed by atoms with Gasteiger partial charge in [-0.1, -0.05) is 23.9 Å². The quantitative estimate of drug-likeness (QED) is 0.447. The van der Waals surface area contributed by atoms with Crippen LogP contribution in [0.5, 0.6) is 0 Å². The number of thioether (sulfide) groups is 1. The first-order valence-electron chi connectivity index (χ1n) is 4.10. The van der Waals surface area contributed by atoms with Gasteiger partial charge in [0.15, 0.2) is 0 Å². The van der Waals surface area contributed by atoms with E-state index in [0.717, 1.165) is 22.9 Å². The average molecular weight is 222 g/mol. The van der Waals surface area contributed by atoms with E-state index < -0.39 is 10.8 Å². The summed E-state index contributed by atoms with van der Waals surface area (Å²) >= 11 is 1.10.